The maximum atomic E-state index is 13.1. The third kappa shape index (κ3) is 4.46. The summed E-state index contributed by atoms with van der Waals surface area (Å²) in [7, 11) is -3.73. The molecular formula is C24H24N2O7S. The number of carbonyl (C=O) groups excluding carboxylic acids is 1. The minimum atomic E-state index is -3.73. The van der Waals surface area contributed by atoms with Crippen LogP contribution in [-0.4, -0.2) is 62.9 Å². The number of rotatable bonds is 6. The average molecular weight is 485 g/mol. The average Bonchev–Trinajstić information content (AvgIpc) is 3.36. The van der Waals surface area contributed by atoms with Crippen LogP contribution in [0.2, 0.25) is 0 Å². The van der Waals surface area contributed by atoms with Crippen molar-refractivity contribution in [2.24, 2.45) is 0 Å². The smallest absolute Gasteiger partial charge is 0.290 e. The molecule has 1 fully saturated rings. The van der Waals surface area contributed by atoms with Crippen LogP contribution >= 0.6 is 0 Å². The molecular weight excluding hydrogens is 460 g/mol. The zero-order chi connectivity index (χ0) is 23.5. The molecule has 34 heavy (non-hydrogen) atoms. The van der Waals surface area contributed by atoms with Gasteiger partial charge in [-0.25, -0.2) is 8.42 Å². The molecule has 1 aromatic heterocycles. The maximum Gasteiger partial charge on any atom is 0.290 e. The van der Waals surface area contributed by atoms with Gasteiger partial charge in [-0.05, 0) is 30.3 Å². The van der Waals surface area contributed by atoms with Crippen LogP contribution in [0.25, 0.3) is 0 Å². The molecule has 3 heterocycles. The van der Waals surface area contributed by atoms with E-state index in [1.54, 1.807) is 17.0 Å². The number of para-hydroxylation sites is 1. The van der Waals surface area contributed by atoms with Gasteiger partial charge in [-0.3, -0.25) is 4.79 Å². The van der Waals surface area contributed by atoms with Crippen molar-refractivity contribution in [3.05, 3.63) is 72.2 Å². The Morgan fingerprint density at radius 3 is 2.41 bits per heavy atom. The van der Waals surface area contributed by atoms with E-state index in [4.69, 9.17) is 18.6 Å². The molecule has 1 saturated heterocycles. The largest absolute Gasteiger partial charge is 0.489 e. The highest BCUT2D eigenvalue weighted by Gasteiger charge is 2.32. The zero-order valence-electron chi connectivity index (χ0n) is 18.4. The standard InChI is InChI=1S/C24H24N2O7S/c27-24(23-18(8-13-32-23)17-33-19-4-2-1-3-5-19)25-9-11-26(12-10-25)34(28,29)20-6-7-21-22(16-20)31-15-14-30-21/h1-8,13,16H,9-12,14-15,17H2. The highest BCUT2D eigenvalue weighted by molar-refractivity contribution is 7.89. The summed E-state index contributed by atoms with van der Waals surface area (Å²) >= 11 is 0. The molecule has 0 unspecified atom stereocenters. The highest BCUT2D eigenvalue weighted by Crippen LogP contribution is 2.33. The quantitative estimate of drug-likeness (QED) is 0.531. The van der Waals surface area contributed by atoms with Gasteiger partial charge < -0.3 is 23.5 Å². The molecule has 0 atom stereocenters. The number of amides is 1. The summed E-state index contributed by atoms with van der Waals surface area (Å²) in [6.45, 7) is 1.87. The van der Waals surface area contributed by atoms with E-state index in [0.717, 1.165) is 0 Å². The lowest BCUT2D eigenvalue weighted by Gasteiger charge is -2.33. The van der Waals surface area contributed by atoms with E-state index >= 15 is 0 Å². The van der Waals surface area contributed by atoms with Gasteiger partial charge in [0, 0.05) is 37.8 Å². The third-order valence-corrected chi connectivity index (χ3v) is 7.65. The fourth-order valence-corrected chi connectivity index (χ4v) is 5.36. The van der Waals surface area contributed by atoms with Crippen LogP contribution in [-0.2, 0) is 16.6 Å². The highest BCUT2D eigenvalue weighted by atomic mass is 32.2. The van der Waals surface area contributed by atoms with E-state index in [0.29, 0.717) is 36.0 Å². The van der Waals surface area contributed by atoms with Crippen molar-refractivity contribution in [2.75, 3.05) is 39.4 Å². The lowest BCUT2D eigenvalue weighted by atomic mass is 10.2. The molecule has 9 nitrogen and oxygen atoms in total. The lowest BCUT2D eigenvalue weighted by molar-refractivity contribution is 0.0662. The Bertz CT molecular complexity index is 1270. The van der Waals surface area contributed by atoms with Crippen molar-refractivity contribution in [3.63, 3.8) is 0 Å². The topological polar surface area (TPSA) is 98.5 Å². The van der Waals surface area contributed by atoms with Crippen molar-refractivity contribution in [1.82, 2.24) is 9.21 Å². The van der Waals surface area contributed by atoms with Gasteiger partial charge >= 0.3 is 0 Å². The number of ether oxygens (including phenoxy) is 3. The van der Waals surface area contributed by atoms with Crippen LogP contribution in [0, 0.1) is 0 Å². The van der Waals surface area contributed by atoms with Crippen molar-refractivity contribution in [1.29, 1.82) is 0 Å². The molecule has 1 amide bonds. The van der Waals surface area contributed by atoms with Crippen LogP contribution < -0.4 is 14.2 Å². The molecule has 5 rings (SSSR count). The van der Waals surface area contributed by atoms with E-state index in [9.17, 15) is 13.2 Å². The van der Waals surface area contributed by atoms with Gasteiger partial charge in [-0.1, -0.05) is 18.2 Å². The molecule has 178 valence electrons. The Morgan fingerprint density at radius 1 is 0.912 bits per heavy atom. The maximum absolute atomic E-state index is 13.1. The van der Waals surface area contributed by atoms with E-state index in [-0.39, 0.29) is 49.3 Å². The minimum Gasteiger partial charge on any atom is -0.489 e. The summed E-state index contributed by atoms with van der Waals surface area (Å²) in [6.07, 6.45) is 1.46. The van der Waals surface area contributed by atoms with Gasteiger partial charge in [-0.15, -0.1) is 0 Å². The summed E-state index contributed by atoms with van der Waals surface area (Å²) in [6, 6.07) is 15.6. The first-order valence-electron chi connectivity index (χ1n) is 11.0. The number of benzene rings is 2. The second-order valence-corrected chi connectivity index (χ2v) is 9.82. The van der Waals surface area contributed by atoms with Gasteiger partial charge in [0.25, 0.3) is 5.91 Å². The molecule has 2 aliphatic heterocycles. The Kier molecular flexibility index (Phi) is 6.16. The summed E-state index contributed by atoms with van der Waals surface area (Å²) in [5.41, 5.74) is 0.639. The molecule has 10 heteroatoms. The predicted octanol–water partition coefficient (Wildman–Crippen LogP) is 2.78. The number of furan rings is 1. The van der Waals surface area contributed by atoms with Gasteiger partial charge in [0.1, 0.15) is 25.6 Å². The Hall–Kier alpha value is -3.50. The van der Waals surface area contributed by atoms with Crippen LogP contribution in [0.4, 0.5) is 0 Å². The Balaban J connectivity index is 1.22. The first-order chi connectivity index (χ1) is 16.5. The zero-order valence-corrected chi connectivity index (χ0v) is 19.2. The third-order valence-electron chi connectivity index (χ3n) is 5.76. The van der Waals surface area contributed by atoms with Crippen LogP contribution in [0.3, 0.4) is 0 Å². The number of piperazine rings is 1. The number of carbonyl (C=O) groups is 1. The molecule has 0 bridgehead atoms. The fraction of sp³-hybridized carbons (Fsp3) is 0.292. The first-order valence-corrected chi connectivity index (χ1v) is 12.4. The predicted molar refractivity (Wildman–Crippen MR) is 122 cm³/mol. The van der Waals surface area contributed by atoms with Crippen LogP contribution in [0.15, 0.2) is 70.2 Å². The molecule has 0 aliphatic carbocycles. The molecule has 3 aromatic rings. The second-order valence-electron chi connectivity index (χ2n) is 7.88. The SMILES string of the molecule is O=C(c1occc1COc1ccccc1)N1CCN(S(=O)(=O)c2ccc3c(c2)OCCO3)CC1. The Labute approximate surface area is 197 Å². The van der Waals surface area contributed by atoms with Gasteiger partial charge in [0.2, 0.25) is 10.0 Å². The van der Waals surface area contributed by atoms with Gasteiger partial charge in [0.15, 0.2) is 17.3 Å². The summed E-state index contributed by atoms with van der Waals surface area (Å²) in [5, 5.41) is 0. The van der Waals surface area contributed by atoms with E-state index < -0.39 is 10.0 Å². The Morgan fingerprint density at radius 2 is 1.65 bits per heavy atom. The first kappa shape index (κ1) is 22.3. The second kappa shape index (κ2) is 9.40. The molecule has 2 aromatic carbocycles. The minimum absolute atomic E-state index is 0.142. The van der Waals surface area contributed by atoms with E-state index in [2.05, 4.69) is 0 Å². The number of nitrogens with zero attached hydrogens (tertiary/aromatic N) is 2. The van der Waals surface area contributed by atoms with Crippen molar-refractivity contribution < 1.29 is 31.8 Å². The summed E-state index contributed by atoms with van der Waals surface area (Å²) < 4.78 is 49.8. The number of hydrogen-bond acceptors (Lipinski definition) is 7. The number of sulfonamides is 1. The molecule has 2 aliphatic rings. The number of hydrogen-bond donors (Lipinski definition) is 0. The normalized spacial score (nSPS) is 16.3. The lowest BCUT2D eigenvalue weighted by Crippen LogP contribution is -2.50. The van der Waals surface area contributed by atoms with Crippen molar-refractivity contribution in [2.45, 2.75) is 11.5 Å². The fourth-order valence-electron chi connectivity index (χ4n) is 3.92. The van der Waals surface area contributed by atoms with E-state index in [1.807, 2.05) is 30.3 Å². The van der Waals surface area contributed by atoms with Crippen molar-refractivity contribution in [3.8, 4) is 17.2 Å². The number of fused-ring (bicyclic) bond motifs is 1. The van der Waals surface area contributed by atoms with Crippen LogP contribution in [0.1, 0.15) is 16.1 Å². The van der Waals surface area contributed by atoms with Crippen molar-refractivity contribution >= 4 is 15.9 Å². The van der Waals surface area contributed by atoms with Gasteiger partial charge in [0.05, 0.1) is 11.2 Å². The summed E-state index contributed by atoms with van der Waals surface area (Å²) in [4.78, 5) is 14.8. The van der Waals surface area contributed by atoms with Gasteiger partial charge in [-0.2, -0.15) is 4.31 Å². The molecule has 0 saturated carbocycles. The van der Waals surface area contributed by atoms with Crippen LogP contribution in [0.5, 0.6) is 17.2 Å². The van der Waals surface area contributed by atoms with E-state index in [1.165, 1.54) is 22.7 Å². The monoisotopic (exact) mass is 484 g/mol. The summed E-state index contributed by atoms with van der Waals surface area (Å²) in [5.74, 6) is 1.57. The molecule has 0 spiro atoms. The molecule has 0 radical (unpaired) electrons. The molecule has 0 N–H and O–H groups in total.